The van der Waals surface area contributed by atoms with Crippen LogP contribution in [0.5, 0.6) is 0 Å². The Morgan fingerprint density at radius 2 is 1.65 bits per heavy atom. The third kappa shape index (κ3) is 1.97. The number of benzene rings is 1. The van der Waals surface area contributed by atoms with Crippen LogP contribution in [0, 0.1) is 13.8 Å². The Labute approximate surface area is 114 Å². The molecule has 1 rings (SSSR count). The minimum absolute atomic E-state index is 0.263. The van der Waals surface area contributed by atoms with Crippen molar-refractivity contribution in [2.24, 2.45) is 0 Å². The van der Waals surface area contributed by atoms with Crippen molar-refractivity contribution in [1.82, 2.24) is 0 Å². The van der Waals surface area contributed by atoms with Gasteiger partial charge >= 0.3 is 11.9 Å². The Morgan fingerprint density at radius 3 is 2.05 bits per heavy atom. The summed E-state index contributed by atoms with van der Waals surface area (Å²) in [5.74, 6) is -4.19. The maximum absolute atomic E-state index is 11.4. The summed E-state index contributed by atoms with van der Waals surface area (Å²) in [6, 6.07) is 4.15. The van der Waals surface area contributed by atoms with Crippen LogP contribution < -0.4 is 0 Å². The highest BCUT2D eigenvalue weighted by Crippen LogP contribution is 2.35. The van der Waals surface area contributed by atoms with E-state index in [1.807, 2.05) is 0 Å². The summed E-state index contributed by atoms with van der Waals surface area (Å²) in [6.07, 6.45) is -0.495. The molecule has 0 spiro atoms. The van der Waals surface area contributed by atoms with E-state index < -0.39 is 29.4 Å². The van der Waals surface area contributed by atoms with E-state index in [1.165, 1.54) is 13.0 Å². The zero-order valence-corrected chi connectivity index (χ0v) is 10.8. The molecular weight excluding hydrogens is 268 g/mol. The summed E-state index contributed by atoms with van der Waals surface area (Å²) in [7, 11) is 0. The molecule has 0 aliphatic carbocycles. The van der Waals surface area contributed by atoms with Crippen LogP contribution in [0.2, 0.25) is 0 Å². The number of aliphatic carboxylic acids is 2. The molecule has 0 fully saturated rings. The molecule has 0 aromatic heterocycles. The second-order valence-electron chi connectivity index (χ2n) is 4.45. The quantitative estimate of drug-likeness (QED) is 0.426. The van der Waals surface area contributed by atoms with E-state index in [1.54, 1.807) is 13.0 Å². The van der Waals surface area contributed by atoms with Crippen LogP contribution in [-0.4, -0.2) is 44.3 Å². The summed E-state index contributed by atoms with van der Waals surface area (Å²) >= 11 is 0. The number of carbonyl (C=O) groups excluding carboxylic acids is 1. The fraction of sp³-hybridized carbons (Fsp3) is 0.308. The van der Waals surface area contributed by atoms with E-state index in [-0.39, 0.29) is 11.1 Å². The largest absolute Gasteiger partial charge is 0.479 e. The average molecular weight is 282 g/mol. The van der Waals surface area contributed by atoms with E-state index in [9.17, 15) is 29.7 Å². The van der Waals surface area contributed by atoms with Gasteiger partial charge in [-0.25, -0.2) is 9.59 Å². The monoisotopic (exact) mass is 282 g/mol. The molecule has 0 radical (unpaired) electrons. The number of hydrogen-bond donors (Lipinski definition) is 4. The van der Waals surface area contributed by atoms with Gasteiger partial charge in [0.05, 0.1) is 0 Å². The maximum atomic E-state index is 11.4. The molecule has 20 heavy (non-hydrogen) atoms. The van der Waals surface area contributed by atoms with Crippen LogP contribution in [-0.2, 0) is 20.0 Å². The lowest BCUT2D eigenvalue weighted by atomic mass is 9.76. The molecule has 2 atom stereocenters. The molecule has 0 aliphatic heterocycles. The Balaban J connectivity index is 3.75. The SMILES string of the molecule is Cc1cccc([C@](O)(C(=O)O)[C@](O)(C=O)C(=O)O)c1C. The third-order valence-electron chi connectivity index (χ3n) is 3.35. The van der Waals surface area contributed by atoms with E-state index in [0.29, 0.717) is 5.56 Å². The molecule has 0 heterocycles. The predicted molar refractivity (Wildman–Crippen MR) is 66.1 cm³/mol. The van der Waals surface area contributed by atoms with Gasteiger partial charge in [-0.3, -0.25) is 4.79 Å². The molecule has 7 heteroatoms. The lowest BCUT2D eigenvalue weighted by Crippen LogP contribution is -2.62. The predicted octanol–water partition coefficient (Wildman–Crippen LogP) is -0.410. The van der Waals surface area contributed by atoms with Crippen molar-refractivity contribution in [2.75, 3.05) is 0 Å². The number of carbonyl (C=O) groups is 3. The molecule has 108 valence electrons. The molecule has 7 nitrogen and oxygen atoms in total. The molecule has 0 aliphatic rings. The number of rotatable bonds is 5. The molecule has 0 saturated carbocycles. The molecule has 0 amide bonds. The zero-order chi connectivity index (χ0) is 15.7. The van der Waals surface area contributed by atoms with Gasteiger partial charge in [0.2, 0.25) is 5.60 Å². The summed E-state index contributed by atoms with van der Waals surface area (Å²) in [6.45, 7) is 3.06. The van der Waals surface area contributed by atoms with Gasteiger partial charge in [0.25, 0.3) is 5.60 Å². The van der Waals surface area contributed by atoms with Crippen molar-refractivity contribution < 1.29 is 34.8 Å². The first-order valence-electron chi connectivity index (χ1n) is 5.57. The van der Waals surface area contributed by atoms with E-state index in [2.05, 4.69) is 0 Å². The number of aryl methyl sites for hydroxylation is 1. The van der Waals surface area contributed by atoms with Crippen molar-refractivity contribution in [3.63, 3.8) is 0 Å². The van der Waals surface area contributed by atoms with Gasteiger partial charge in [0, 0.05) is 5.56 Å². The highest BCUT2D eigenvalue weighted by molar-refractivity contribution is 6.04. The fourth-order valence-corrected chi connectivity index (χ4v) is 1.92. The molecule has 0 saturated heterocycles. The number of carboxylic acids is 2. The highest BCUT2D eigenvalue weighted by Gasteiger charge is 2.62. The van der Waals surface area contributed by atoms with E-state index in [4.69, 9.17) is 5.11 Å². The van der Waals surface area contributed by atoms with Crippen LogP contribution in [0.1, 0.15) is 16.7 Å². The second-order valence-corrected chi connectivity index (χ2v) is 4.45. The standard InChI is InChI=1S/C13H14O7/c1-7-4-3-5-9(8(7)2)13(20,11(17)18)12(19,6-14)10(15)16/h3-6,19-20H,1-2H3,(H,15,16)(H,17,18)/t12-,13-/m0/s1. The maximum Gasteiger partial charge on any atom is 0.347 e. The first-order valence-corrected chi connectivity index (χ1v) is 5.57. The second kappa shape index (κ2) is 5.03. The average Bonchev–Trinajstić information content (AvgIpc) is 2.39. The van der Waals surface area contributed by atoms with E-state index >= 15 is 0 Å². The minimum Gasteiger partial charge on any atom is -0.479 e. The minimum atomic E-state index is -3.50. The van der Waals surface area contributed by atoms with Crippen LogP contribution in [0.4, 0.5) is 0 Å². The lowest BCUT2D eigenvalue weighted by molar-refractivity contribution is -0.205. The molecule has 1 aromatic rings. The van der Waals surface area contributed by atoms with Crippen molar-refractivity contribution >= 4 is 18.2 Å². The Bertz CT molecular complexity index is 580. The van der Waals surface area contributed by atoms with Gasteiger partial charge in [-0.05, 0) is 25.0 Å². The Hall–Kier alpha value is -2.25. The first kappa shape index (κ1) is 15.8. The van der Waals surface area contributed by atoms with Crippen molar-refractivity contribution in [3.8, 4) is 0 Å². The molecular formula is C13H14O7. The highest BCUT2D eigenvalue weighted by atomic mass is 16.5. The first-order chi connectivity index (χ1) is 9.12. The number of carboxylic acid groups (broad SMARTS) is 2. The molecule has 4 N–H and O–H groups in total. The van der Waals surface area contributed by atoms with Gasteiger partial charge in [-0.2, -0.15) is 0 Å². The summed E-state index contributed by atoms with van der Waals surface area (Å²) < 4.78 is 0. The lowest BCUT2D eigenvalue weighted by Gasteiger charge is -2.34. The van der Waals surface area contributed by atoms with Gasteiger partial charge in [-0.15, -0.1) is 0 Å². The molecule has 1 aromatic carbocycles. The summed E-state index contributed by atoms with van der Waals surface area (Å²) in [5, 5.41) is 38.3. The van der Waals surface area contributed by atoms with Gasteiger partial charge < -0.3 is 20.4 Å². The number of aliphatic hydroxyl groups is 2. The fourth-order valence-electron chi connectivity index (χ4n) is 1.92. The number of hydrogen-bond acceptors (Lipinski definition) is 5. The van der Waals surface area contributed by atoms with Crippen LogP contribution in [0.15, 0.2) is 18.2 Å². The normalized spacial score (nSPS) is 16.8. The summed E-state index contributed by atoms with van der Waals surface area (Å²) in [4.78, 5) is 33.4. The molecule has 0 unspecified atom stereocenters. The Kier molecular flexibility index (Phi) is 3.97. The zero-order valence-electron chi connectivity index (χ0n) is 10.8. The van der Waals surface area contributed by atoms with Crippen molar-refractivity contribution in [3.05, 3.63) is 34.9 Å². The number of aldehydes is 1. The molecule has 0 bridgehead atoms. The third-order valence-corrected chi connectivity index (χ3v) is 3.35. The van der Waals surface area contributed by atoms with Gasteiger partial charge in [0.15, 0.2) is 6.29 Å². The summed E-state index contributed by atoms with van der Waals surface area (Å²) in [5.41, 5.74) is -6.32. The topological polar surface area (TPSA) is 132 Å². The van der Waals surface area contributed by atoms with Crippen LogP contribution in [0.25, 0.3) is 0 Å². The van der Waals surface area contributed by atoms with Crippen LogP contribution >= 0.6 is 0 Å². The van der Waals surface area contributed by atoms with Gasteiger partial charge in [0.1, 0.15) is 0 Å². The smallest absolute Gasteiger partial charge is 0.347 e. The van der Waals surface area contributed by atoms with Crippen molar-refractivity contribution in [1.29, 1.82) is 0 Å². The van der Waals surface area contributed by atoms with Gasteiger partial charge in [-0.1, -0.05) is 18.2 Å². The van der Waals surface area contributed by atoms with Crippen molar-refractivity contribution in [2.45, 2.75) is 25.0 Å². The van der Waals surface area contributed by atoms with E-state index in [0.717, 1.165) is 6.07 Å². The van der Waals surface area contributed by atoms with Crippen LogP contribution in [0.3, 0.4) is 0 Å². The Morgan fingerprint density at radius 1 is 1.10 bits per heavy atom.